The number of carbonyl (C=O) groups is 1. The zero-order valence-electron chi connectivity index (χ0n) is 10.7. The maximum Gasteiger partial charge on any atom is 0.273 e. The van der Waals surface area contributed by atoms with Crippen LogP contribution in [0.3, 0.4) is 0 Å². The third kappa shape index (κ3) is 3.17. The van der Waals surface area contributed by atoms with E-state index < -0.39 is 0 Å². The van der Waals surface area contributed by atoms with Gasteiger partial charge in [0.15, 0.2) is 5.69 Å². The van der Waals surface area contributed by atoms with E-state index in [0.29, 0.717) is 6.42 Å². The average Bonchev–Trinajstić information content (AvgIpc) is 2.95. The van der Waals surface area contributed by atoms with E-state index in [1.54, 1.807) is 0 Å². The van der Waals surface area contributed by atoms with Crippen LogP contribution in [0.5, 0.6) is 0 Å². The van der Waals surface area contributed by atoms with Crippen molar-refractivity contribution >= 4 is 5.91 Å². The van der Waals surface area contributed by atoms with Gasteiger partial charge in [-0.3, -0.25) is 4.79 Å². The van der Waals surface area contributed by atoms with E-state index in [9.17, 15) is 4.79 Å². The van der Waals surface area contributed by atoms with Gasteiger partial charge in [-0.15, -0.1) is 5.10 Å². The van der Waals surface area contributed by atoms with E-state index in [1.165, 1.54) is 11.0 Å². The van der Waals surface area contributed by atoms with Gasteiger partial charge in [0.2, 0.25) is 0 Å². The largest absolute Gasteiger partial charge is 0.394 e. The van der Waals surface area contributed by atoms with Gasteiger partial charge >= 0.3 is 0 Å². The highest BCUT2D eigenvalue weighted by atomic mass is 16.3. The molecule has 1 heterocycles. The average molecular weight is 260 g/mol. The highest BCUT2D eigenvalue weighted by molar-refractivity contribution is 5.92. The minimum Gasteiger partial charge on any atom is -0.394 e. The molecule has 0 saturated heterocycles. The number of para-hydroxylation sites is 1. The van der Waals surface area contributed by atoms with Crippen LogP contribution in [0.15, 0.2) is 36.5 Å². The van der Waals surface area contributed by atoms with E-state index in [2.05, 4.69) is 15.5 Å². The molecule has 0 fully saturated rings. The maximum absolute atomic E-state index is 11.9. The van der Waals surface area contributed by atoms with Crippen LogP contribution in [-0.2, 0) is 0 Å². The van der Waals surface area contributed by atoms with Gasteiger partial charge in [-0.1, -0.05) is 25.1 Å². The van der Waals surface area contributed by atoms with Crippen LogP contribution in [0.2, 0.25) is 0 Å². The first-order chi connectivity index (χ1) is 9.24. The van der Waals surface area contributed by atoms with E-state index in [1.807, 2.05) is 37.3 Å². The van der Waals surface area contributed by atoms with Gasteiger partial charge in [0.05, 0.1) is 24.5 Å². The number of rotatable bonds is 5. The lowest BCUT2D eigenvalue weighted by atomic mass is 10.2. The van der Waals surface area contributed by atoms with Crippen LogP contribution < -0.4 is 5.32 Å². The monoisotopic (exact) mass is 260 g/mol. The highest BCUT2D eigenvalue weighted by Crippen LogP contribution is 2.04. The van der Waals surface area contributed by atoms with Gasteiger partial charge < -0.3 is 10.4 Å². The number of nitrogens with zero attached hydrogens (tertiary/aromatic N) is 3. The Morgan fingerprint density at radius 2 is 2.16 bits per heavy atom. The lowest BCUT2D eigenvalue weighted by molar-refractivity contribution is 0.0909. The number of aliphatic hydroxyl groups is 1. The summed E-state index contributed by atoms with van der Waals surface area (Å²) in [7, 11) is 0. The molecule has 100 valence electrons. The van der Waals surface area contributed by atoms with Gasteiger partial charge in [0, 0.05) is 0 Å². The van der Waals surface area contributed by atoms with Crippen molar-refractivity contribution in [2.75, 3.05) is 6.61 Å². The summed E-state index contributed by atoms with van der Waals surface area (Å²) in [5.74, 6) is -0.330. The number of aliphatic hydroxyl groups excluding tert-OH is 1. The Morgan fingerprint density at radius 3 is 2.79 bits per heavy atom. The van der Waals surface area contributed by atoms with Crippen molar-refractivity contribution in [2.45, 2.75) is 19.4 Å². The van der Waals surface area contributed by atoms with Gasteiger partial charge in [0.1, 0.15) is 0 Å². The number of benzene rings is 1. The third-order valence-corrected chi connectivity index (χ3v) is 2.76. The zero-order valence-corrected chi connectivity index (χ0v) is 10.7. The Bertz CT molecular complexity index is 535. The lowest BCUT2D eigenvalue weighted by Gasteiger charge is -2.12. The van der Waals surface area contributed by atoms with E-state index in [0.717, 1.165) is 5.69 Å². The minimum absolute atomic E-state index is 0.0882. The fraction of sp³-hybridized carbons (Fsp3) is 0.308. The van der Waals surface area contributed by atoms with E-state index in [4.69, 9.17) is 5.11 Å². The molecule has 0 spiro atoms. The second-order valence-electron chi connectivity index (χ2n) is 4.12. The summed E-state index contributed by atoms with van der Waals surface area (Å²) in [6.45, 7) is 1.80. The van der Waals surface area contributed by atoms with Crippen molar-refractivity contribution in [1.82, 2.24) is 20.3 Å². The molecule has 1 atom stereocenters. The van der Waals surface area contributed by atoms with Crippen LogP contribution >= 0.6 is 0 Å². The molecule has 2 rings (SSSR count). The molecule has 1 aromatic carbocycles. The number of aromatic nitrogens is 3. The fourth-order valence-electron chi connectivity index (χ4n) is 1.59. The number of hydrogen-bond donors (Lipinski definition) is 2. The van der Waals surface area contributed by atoms with Crippen molar-refractivity contribution in [3.05, 3.63) is 42.2 Å². The molecule has 2 N–H and O–H groups in total. The van der Waals surface area contributed by atoms with Gasteiger partial charge in [-0.2, -0.15) is 9.90 Å². The molecular formula is C13H16N4O2. The van der Waals surface area contributed by atoms with Crippen molar-refractivity contribution in [3.8, 4) is 5.69 Å². The summed E-state index contributed by atoms with van der Waals surface area (Å²) in [6.07, 6.45) is 2.07. The molecule has 0 radical (unpaired) electrons. The Hall–Kier alpha value is -2.21. The summed E-state index contributed by atoms with van der Waals surface area (Å²) >= 11 is 0. The Balaban J connectivity index is 2.11. The smallest absolute Gasteiger partial charge is 0.273 e. The summed E-state index contributed by atoms with van der Waals surface area (Å²) in [5.41, 5.74) is 1.02. The molecule has 6 nitrogen and oxygen atoms in total. The number of nitrogens with one attached hydrogen (secondary N) is 1. The van der Waals surface area contributed by atoms with Crippen LogP contribution in [0.1, 0.15) is 23.8 Å². The van der Waals surface area contributed by atoms with Crippen LogP contribution in [0.4, 0.5) is 0 Å². The topological polar surface area (TPSA) is 80.0 Å². The first-order valence-electron chi connectivity index (χ1n) is 6.14. The van der Waals surface area contributed by atoms with Gasteiger partial charge in [-0.25, -0.2) is 0 Å². The van der Waals surface area contributed by atoms with Crippen LogP contribution in [0, 0.1) is 0 Å². The maximum atomic E-state index is 11.9. The summed E-state index contributed by atoms with van der Waals surface area (Å²) in [4.78, 5) is 13.3. The normalized spacial score (nSPS) is 12.1. The van der Waals surface area contributed by atoms with Crippen molar-refractivity contribution < 1.29 is 9.90 Å². The van der Waals surface area contributed by atoms with Gasteiger partial charge in [-0.05, 0) is 18.6 Å². The summed E-state index contributed by atoms with van der Waals surface area (Å²) in [5, 5.41) is 19.9. The molecule has 0 saturated carbocycles. The number of carbonyl (C=O) groups excluding carboxylic acids is 1. The van der Waals surface area contributed by atoms with Crippen molar-refractivity contribution in [2.24, 2.45) is 0 Å². The third-order valence-electron chi connectivity index (χ3n) is 2.76. The molecule has 0 aliphatic rings. The number of hydrogen-bond acceptors (Lipinski definition) is 4. The molecule has 1 amide bonds. The van der Waals surface area contributed by atoms with Crippen molar-refractivity contribution in [3.63, 3.8) is 0 Å². The standard InChI is InChI=1S/C13H16N4O2/c1-2-10(9-18)15-13(19)12-8-14-17(16-12)11-6-4-3-5-7-11/h3-8,10,18H,2,9H2,1H3,(H,15,19). The second-order valence-corrected chi connectivity index (χ2v) is 4.12. The van der Waals surface area contributed by atoms with E-state index in [-0.39, 0.29) is 24.2 Å². The lowest BCUT2D eigenvalue weighted by Crippen LogP contribution is -2.37. The molecule has 6 heteroatoms. The molecule has 2 aromatic rings. The Labute approximate surface area is 111 Å². The highest BCUT2D eigenvalue weighted by Gasteiger charge is 2.14. The molecule has 19 heavy (non-hydrogen) atoms. The van der Waals surface area contributed by atoms with Crippen LogP contribution in [-0.4, -0.2) is 38.7 Å². The van der Waals surface area contributed by atoms with Crippen LogP contribution in [0.25, 0.3) is 5.69 Å². The zero-order chi connectivity index (χ0) is 13.7. The van der Waals surface area contributed by atoms with E-state index >= 15 is 0 Å². The summed E-state index contributed by atoms with van der Waals surface area (Å²) < 4.78 is 0. The quantitative estimate of drug-likeness (QED) is 0.832. The predicted octanol–water partition coefficient (Wildman–Crippen LogP) is 0.768. The Kier molecular flexibility index (Phi) is 4.25. The number of amides is 1. The van der Waals surface area contributed by atoms with Crippen molar-refractivity contribution in [1.29, 1.82) is 0 Å². The first kappa shape index (κ1) is 13.2. The summed E-state index contributed by atoms with van der Waals surface area (Å²) in [6, 6.07) is 9.09. The minimum atomic E-state index is -0.330. The Morgan fingerprint density at radius 1 is 1.42 bits per heavy atom. The molecule has 1 aromatic heterocycles. The molecule has 0 aliphatic heterocycles. The predicted molar refractivity (Wildman–Crippen MR) is 70.0 cm³/mol. The fourth-order valence-corrected chi connectivity index (χ4v) is 1.59. The van der Waals surface area contributed by atoms with Gasteiger partial charge in [0.25, 0.3) is 5.91 Å². The molecule has 0 aliphatic carbocycles. The molecular weight excluding hydrogens is 244 g/mol. The first-order valence-corrected chi connectivity index (χ1v) is 6.14. The second kappa shape index (κ2) is 6.10. The molecule has 0 bridgehead atoms. The molecule has 1 unspecified atom stereocenters. The SMILES string of the molecule is CCC(CO)NC(=O)c1cnn(-c2ccccc2)n1.